The molecule has 65 heavy (non-hydrogen) atoms. The predicted molar refractivity (Wildman–Crippen MR) is 287 cm³/mol. The van der Waals surface area contributed by atoms with Gasteiger partial charge >= 0.3 is 0 Å². The summed E-state index contributed by atoms with van der Waals surface area (Å²) in [6.45, 7) is 10.2. The second kappa shape index (κ2) is 23.7. The smallest absolute Gasteiger partial charge is 0.0762 e. The second-order valence-electron chi connectivity index (χ2n) is 15.6. The average Bonchev–Trinajstić information content (AvgIpc) is 3.37. The van der Waals surface area contributed by atoms with E-state index in [2.05, 4.69) is 190 Å². The Morgan fingerprint density at radius 1 is 0.277 bits per heavy atom. The zero-order valence-electron chi connectivity index (χ0n) is 38.1. The Labute approximate surface area is 385 Å². The van der Waals surface area contributed by atoms with Gasteiger partial charge in [-0.2, -0.15) is 0 Å². The van der Waals surface area contributed by atoms with Gasteiger partial charge in [0.1, 0.15) is 0 Å². The van der Waals surface area contributed by atoms with Crippen molar-refractivity contribution in [1.29, 1.82) is 0 Å². The number of aliphatic hydroxyl groups excluding tert-OH is 3. The van der Waals surface area contributed by atoms with Crippen molar-refractivity contribution < 1.29 is 15.3 Å². The molecule has 0 aliphatic carbocycles. The number of hydrogen-bond donors (Lipinski definition) is 3. The predicted octanol–water partition coefficient (Wildman–Crippen LogP) is 16.9. The first-order chi connectivity index (χ1) is 31.4. The molecule has 330 valence electrons. The molecule has 12 aromatic carbocycles. The molecule has 12 aromatic rings. The number of rotatable bonds is 2. The molecule has 0 aliphatic rings. The van der Waals surface area contributed by atoms with Crippen molar-refractivity contribution in [2.75, 3.05) is 14.2 Å². The molecule has 0 heterocycles. The van der Waals surface area contributed by atoms with Gasteiger partial charge in [-0.3, -0.25) is 0 Å². The standard InChI is InChI=1S/2C16H10.C13H14.C12H12O.C2H6.2CH4O.CH4/c2*1-3-11-7-9-13-5-2-6-14-10-8-12(4-1)15(11)16(13)14;1-10(2)12-8-7-11-5-3-4-6-13(11)9-12;1-9(13)11-7-6-10-4-2-3-5-12(10)8-11;3*1-2;/h2*1-10H;3-10H,1-2H3;2-9,13H,1H3;1-2H3;2*2H,1H3;1H4. The Kier molecular flexibility index (Phi) is 17.9. The summed E-state index contributed by atoms with van der Waals surface area (Å²) in [5, 5.41) is 44.7. The number of hydrogen-bond acceptors (Lipinski definition) is 3. The lowest BCUT2D eigenvalue weighted by Crippen LogP contribution is -1.89. The summed E-state index contributed by atoms with van der Waals surface area (Å²) in [5.74, 6) is 0.615. The lowest BCUT2D eigenvalue weighted by molar-refractivity contribution is 0.199. The Morgan fingerprint density at radius 2 is 0.492 bits per heavy atom. The van der Waals surface area contributed by atoms with Gasteiger partial charge < -0.3 is 15.3 Å². The quantitative estimate of drug-likeness (QED) is 0.152. The number of aliphatic hydroxyl groups is 3. The molecule has 3 heteroatoms. The molecule has 0 aliphatic heterocycles. The monoisotopic (exact) mass is 856 g/mol. The van der Waals surface area contributed by atoms with Crippen LogP contribution in [0.4, 0.5) is 0 Å². The van der Waals surface area contributed by atoms with E-state index in [4.69, 9.17) is 10.2 Å². The Morgan fingerprint density at radius 3 is 0.754 bits per heavy atom. The summed E-state index contributed by atoms with van der Waals surface area (Å²) in [6.07, 6.45) is -0.385. The van der Waals surface area contributed by atoms with Crippen LogP contribution in [0.25, 0.3) is 86.2 Å². The van der Waals surface area contributed by atoms with Gasteiger partial charge in [0.25, 0.3) is 0 Å². The average molecular weight is 857 g/mol. The van der Waals surface area contributed by atoms with Crippen molar-refractivity contribution in [3.63, 3.8) is 0 Å². The highest BCUT2D eigenvalue weighted by molar-refractivity contribution is 6.24. The van der Waals surface area contributed by atoms with Gasteiger partial charge in [0.2, 0.25) is 0 Å². The molecule has 0 aromatic heterocycles. The first-order valence-electron chi connectivity index (χ1n) is 22.2. The minimum atomic E-state index is -0.385. The molecule has 0 spiro atoms. The third kappa shape index (κ3) is 11.1. The van der Waals surface area contributed by atoms with Gasteiger partial charge in [-0.15, -0.1) is 0 Å². The fraction of sp³-hybridized carbons (Fsp3) is 0.161. The second-order valence-corrected chi connectivity index (χ2v) is 15.6. The van der Waals surface area contributed by atoms with Crippen LogP contribution in [-0.2, 0) is 0 Å². The summed E-state index contributed by atoms with van der Waals surface area (Å²) < 4.78 is 0. The van der Waals surface area contributed by atoms with E-state index in [0.29, 0.717) is 5.92 Å². The van der Waals surface area contributed by atoms with Crippen LogP contribution in [0.2, 0.25) is 0 Å². The minimum absolute atomic E-state index is 0. The van der Waals surface area contributed by atoms with Crippen LogP contribution in [0.15, 0.2) is 206 Å². The van der Waals surface area contributed by atoms with E-state index in [0.717, 1.165) is 19.8 Å². The molecule has 0 fully saturated rings. The third-order valence-corrected chi connectivity index (χ3v) is 11.5. The van der Waals surface area contributed by atoms with E-state index < -0.39 is 0 Å². The number of benzene rings is 12. The Bertz CT molecular complexity index is 2830. The first-order valence-corrected chi connectivity index (χ1v) is 22.2. The van der Waals surface area contributed by atoms with E-state index in [1.807, 2.05) is 44.2 Å². The van der Waals surface area contributed by atoms with Gasteiger partial charge in [0, 0.05) is 14.2 Å². The maximum Gasteiger partial charge on any atom is 0.0762 e. The van der Waals surface area contributed by atoms with Gasteiger partial charge in [0.15, 0.2) is 0 Å². The van der Waals surface area contributed by atoms with E-state index in [9.17, 15) is 5.11 Å². The fourth-order valence-electron chi connectivity index (χ4n) is 8.37. The maximum atomic E-state index is 9.38. The highest BCUT2D eigenvalue weighted by atomic mass is 16.3. The summed E-state index contributed by atoms with van der Waals surface area (Å²) in [4.78, 5) is 0. The zero-order chi connectivity index (χ0) is 45.6. The van der Waals surface area contributed by atoms with Crippen molar-refractivity contribution in [3.05, 3.63) is 217 Å². The molecule has 0 bridgehead atoms. The van der Waals surface area contributed by atoms with E-state index in [1.165, 1.54) is 91.7 Å². The Hall–Kier alpha value is -6.88. The van der Waals surface area contributed by atoms with Crippen LogP contribution in [0, 0.1) is 0 Å². The van der Waals surface area contributed by atoms with Crippen molar-refractivity contribution in [2.45, 2.75) is 54.1 Å². The summed E-state index contributed by atoms with van der Waals surface area (Å²) in [7, 11) is 2.00. The lowest BCUT2D eigenvalue weighted by atomic mass is 9.95. The van der Waals surface area contributed by atoms with Crippen LogP contribution in [-0.4, -0.2) is 29.5 Å². The maximum absolute atomic E-state index is 9.38. The number of fused-ring (bicyclic) bond motifs is 2. The van der Waals surface area contributed by atoms with Crippen molar-refractivity contribution in [2.24, 2.45) is 0 Å². The fourth-order valence-corrected chi connectivity index (χ4v) is 8.37. The van der Waals surface area contributed by atoms with Gasteiger partial charge in [-0.05, 0) is 116 Å². The first kappa shape index (κ1) is 49.1. The summed E-state index contributed by atoms with van der Waals surface area (Å²) in [6, 6.07) is 73.1. The molecular weight excluding hydrogens is 793 g/mol. The molecule has 0 saturated heterocycles. The van der Waals surface area contributed by atoms with Gasteiger partial charge in [-0.25, -0.2) is 0 Å². The SMILES string of the molecule is C.CC.CC(C)c1ccc2ccccc2c1.CC(O)c1ccc2ccccc2c1.CO.CO.c1cc2ccc3cccc4ccc(c1)c2c34.c1cc2ccc3cccc4ccc(c1)c2c34. The van der Waals surface area contributed by atoms with Crippen molar-refractivity contribution >= 4 is 86.2 Å². The van der Waals surface area contributed by atoms with Crippen LogP contribution >= 0.6 is 0 Å². The van der Waals surface area contributed by atoms with E-state index in [-0.39, 0.29) is 13.5 Å². The largest absolute Gasteiger partial charge is 0.400 e. The van der Waals surface area contributed by atoms with Crippen LogP contribution in [0.5, 0.6) is 0 Å². The molecule has 0 amide bonds. The summed E-state index contributed by atoms with van der Waals surface area (Å²) >= 11 is 0. The third-order valence-electron chi connectivity index (χ3n) is 11.5. The molecule has 1 atom stereocenters. The zero-order valence-corrected chi connectivity index (χ0v) is 38.1. The van der Waals surface area contributed by atoms with E-state index in [1.54, 1.807) is 6.92 Å². The molecular formula is C62H64O3. The van der Waals surface area contributed by atoms with Gasteiger partial charge in [-0.1, -0.05) is 235 Å². The topological polar surface area (TPSA) is 60.7 Å². The molecule has 3 N–H and O–H groups in total. The normalized spacial score (nSPS) is 10.9. The summed E-state index contributed by atoms with van der Waals surface area (Å²) in [5.41, 5.74) is 2.39. The van der Waals surface area contributed by atoms with Crippen molar-refractivity contribution in [3.8, 4) is 0 Å². The molecule has 0 saturated carbocycles. The van der Waals surface area contributed by atoms with E-state index >= 15 is 0 Å². The van der Waals surface area contributed by atoms with Crippen LogP contribution in [0.3, 0.4) is 0 Å². The van der Waals surface area contributed by atoms with Crippen LogP contribution < -0.4 is 0 Å². The molecule has 12 rings (SSSR count). The Balaban J connectivity index is 0.000000157. The van der Waals surface area contributed by atoms with Crippen molar-refractivity contribution in [1.82, 2.24) is 0 Å². The van der Waals surface area contributed by atoms with Gasteiger partial charge in [0.05, 0.1) is 6.10 Å². The molecule has 0 radical (unpaired) electrons. The lowest BCUT2D eigenvalue weighted by Gasteiger charge is -2.09. The highest BCUT2D eigenvalue weighted by Crippen LogP contribution is 2.35. The van der Waals surface area contributed by atoms with Crippen LogP contribution in [0.1, 0.15) is 65.2 Å². The molecule has 1 unspecified atom stereocenters. The minimum Gasteiger partial charge on any atom is -0.400 e. The molecule has 3 nitrogen and oxygen atoms in total. The highest BCUT2D eigenvalue weighted by Gasteiger charge is 2.08.